The van der Waals surface area contributed by atoms with E-state index in [4.69, 9.17) is 0 Å². The van der Waals surface area contributed by atoms with Crippen LogP contribution in [-0.2, 0) is 4.79 Å². The highest BCUT2D eigenvalue weighted by molar-refractivity contribution is 5.80. The van der Waals surface area contributed by atoms with Crippen molar-refractivity contribution in [1.29, 1.82) is 0 Å². The number of piperazine rings is 1. The van der Waals surface area contributed by atoms with Crippen molar-refractivity contribution in [2.45, 2.75) is 39.2 Å². The predicted octanol–water partition coefficient (Wildman–Crippen LogP) is 0.190. The second kappa shape index (κ2) is 10.6. The van der Waals surface area contributed by atoms with Gasteiger partial charge in [-0.05, 0) is 32.4 Å². The molecule has 1 saturated heterocycles. The van der Waals surface area contributed by atoms with Crippen molar-refractivity contribution >= 4 is 11.9 Å². The van der Waals surface area contributed by atoms with E-state index in [1.54, 1.807) is 0 Å². The van der Waals surface area contributed by atoms with E-state index in [0.29, 0.717) is 12.6 Å². The van der Waals surface area contributed by atoms with Crippen LogP contribution < -0.4 is 10.6 Å². The highest BCUT2D eigenvalue weighted by Crippen LogP contribution is 2.18. The monoisotopic (exact) mass is 352 g/mol. The van der Waals surface area contributed by atoms with E-state index in [1.165, 1.54) is 6.42 Å². The van der Waals surface area contributed by atoms with Crippen molar-refractivity contribution < 1.29 is 4.79 Å². The summed E-state index contributed by atoms with van der Waals surface area (Å²) in [6.07, 6.45) is 3.49. The largest absolute Gasteiger partial charge is 0.355 e. The minimum absolute atomic E-state index is 0.175. The van der Waals surface area contributed by atoms with Crippen LogP contribution in [0.25, 0.3) is 0 Å². The summed E-state index contributed by atoms with van der Waals surface area (Å²) in [6, 6.07) is 0.451. The Morgan fingerprint density at radius 2 is 1.88 bits per heavy atom. The van der Waals surface area contributed by atoms with E-state index >= 15 is 0 Å². The SMILES string of the molecule is CCCN(CC)CCNC(=NC)N1CCN(CC(=O)NC2CC2)CC1. The van der Waals surface area contributed by atoms with Gasteiger partial charge in [-0.1, -0.05) is 13.8 Å². The van der Waals surface area contributed by atoms with Gasteiger partial charge in [0, 0.05) is 52.4 Å². The van der Waals surface area contributed by atoms with Crippen molar-refractivity contribution in [1.82, 2.24) is 25.3 Å². The fourth-order valence-electron chi connectivity index (χ4n) is 3.22. The average molecular weight is 353 g/mol. The number of hydrogen-bond acceptors (Lipinski definition) is 4. The van der Waals surface area contributed by atoms with Gasteiger partial charge in [-0.25, -0.2) is 0 Å². The van der Waals surface area contributed by atoms with Crippen LogP contribution in [0.5, 0.6) is 0 Å². The van der Waals surface area contributed by atoms with Gasteiger partial charge in [0.1, 0.15) is 0 Å². The highest BCUT2D eigenvalue weighted by atomic mass is 16.2. The molecule has 2 aliphatic rings. The first-order chi connectivity index (χ1) is 12.2. The Bertz CT molecular complexity index is 429. The number of likely N-dealkylation sites (N-methyl/N-ethyl adjacent to an activating group) is 1. The number of nitrogens with zero attached hydrogens (tertiary/aromatic N) is 4. The first-order valence-electron chi connectivity index (χ1n) is 9.85. The zero-order valence-corrected chi connectivity index (χ0v) is 16.3. The van der Waals surface area contributed by atoms with Gasteiger partial charge in [0.15, 0.2) is 5.96 Å². The molecule has 0 aromatic heterocycles. The molecule has 2 rings (SSSR count). The maximum Gasteiger partial charge on any atom is 0.234 e. The minimum atomic E-state index is 0.175. The van der Waals surface area contributed by atoms with Crippen LogP contribution in [0.3, 0.4) is 0 Å². The Labute approximate surface area is 152 Å². The molecule has 2 N–H and O–H groups in total. The molecule has 2 fully saturated rings. The van der Waals surface area contributed by atoms with Crippen LogP contribution in [-0.4, -0.2) is 98.6 Å². The van der Waals surface area contributed by atoms with Crippen LogP contribution in [0.15, 0.2) is 4.99 Å². The van der Waals surface area contributed by atoms with E-state index in [2.05, 4.69) is 44.2 Å². The molecule has 1 saturated carbocycles. The number of nitrogens with one attached hydrogen (secondary N) is 2. The summed E-state index contributed by atoms with van der Waals surface area (Å²) in [7, 11) is 1.85. The molecular weight excluding hydrogens is 316 g/mol. The third-order valence-electron chi connectivity index (χ3n) is 4.89. The van der Waals surface area contributed by atoms with E-state index in [-0.39, 0.29) is 5.91 Å². The topological polar surface area (TPSA) is 63.2 Å². The Morgan fingerprint density at radius 3 is 2.44 bits per heavy atom. The molecular formula is C18H36N6O. The van der Waals surface area contributed by atoms with Gasteiger partial charge in [0.25, 0.3) is 0 Å². The molecule has 7 nitrogen and oxygen atoms in total. The lowest BCUT2D eigenvalue weighted by atomic mass is 10.3. The second-order valence-electron chi connectivity index (χ2n) is 7.01. The van der Waals surface area contributed by atoms with E-state index in [9.17, 15) is 4.79 Å². The number of carbonyl (C=O) groups excluding carboxylic acids is 1. The van der Waals surface area contributed by atoms with Gasteiger partial charge >= 0.3 is 0 Å². The summed E-state index contributed by atoms with van der Waals surface area (Å²) in [5.74, 6) is 1.16. The van der Waals surface area contributed by atoms with Gasteiger partial charge in [-0.15, -0.1) is 0 Å². The number of guanidine groups is 1. The van der Waals surface area contributed by atoms with Gasteiger partial charge in [0.2, 0.25) is 5.91 Å². The fraction of sp³-hybridized carbons (Fsp3) is 0.889. The predicted molar refractivity (Wildman–Crippen MR) is 103 cm³/mol. The molecule has 0 aromatic carbocycles. The first-order valence-corrected chi connectivity index (χ1v) is 9.85. The van der Waals surface area contributed by atoms with Gasteiger partial charge < -0.3 is 20.4 Å². The second-order valence-corrected chi connectivity index (χ2v) is 7.01. The Kier molecular flexibility index (Phi) is 8.48. The number of aliphatic imine (C=N–C) groups is 1. The summed E-state index contributed by atoms with van der Waals surface area (Å²) in [5, 5.41) is 6.55. The van der Waals surface area contributed by atoms with E-state index in [0.717, 1.165) is 71.2 Å². The van der Waals surface area contributed by atoms with Crippen LogP contribution in [0, 0.1) is 0 Å². The lowest BCUT2D eigenvalue weighted by Crippen LogP contribution is -2.54. The zero-order valence-electron chi connectivity index (χ0n) is 16.3. The summed E-state index contributed by atoms with van der Waals surface area (Å²) < 4.78 is 0. The zero-order chi connectivity index (χ0) is 18.1. The third-order valence-corrected chi connectivity index (χ3v) is 4.89. The number of hydrogen-bond donors (Lipinski definition) is 2. The fourth-order valence-corrected chi connectivity index (χ4v) is 3.22. The van der Waals surface area contributed by atoms with Crippen molar-refractivity contribution in [2.24, 2.45) is 4.99 Å². The minimum Gasteiger partial charge on any atom is -0.355 e. The van der Waals surface area contributed by atoms with Crippen molar-refractivity contribution in [2.75, 3.05) is 66.0 Å². The molecule has 7 heteroatoms. The molecule has 0 radical (unpaired) electrons. The average Bonchev–Trinajstić information content (AvgIpc) is 3.42. The molecule has 25 heavy (non-hydrogen) atoms. The molecule has 144 valence electrons. The van der Waals surface area contributed by atoms with Gasteiger partial charge in [-0.3, -0.25) is 14.7 Å². The van der Waals surface area contributed by atoms with Crippen LogP contribution in [0.1, 0.15) is 33.1 Å². The molecule has 1 aliphatic carbocycles. The quantitative estimate of drug-likeness (QED) is 0.458. The Hall–Kier alpha value is -1.34. The standard InChI is InChI=1S/C18H36N6O/c1-4-9-22(5-2)10-8-20-18(19-3)24-13-11-23(12-14-24)15-17(25)21-16-6-7-16/h16H,4-15H2,1-3H3,(H,19,20)(H,21,25). The Morgan fingerprint density at radius 1 is 1.16 bits per heavy atom. The molecule has 0 aromatic rings. The molecule has 1 aliphatic heterocycles. The maximum absolute atomic E-state index is 11.9. The van der Waals surface area contributed by atoms with Crippen molar-refractivity contribution in [3.05, 3.63) is 0 Å². The lowest BCUT2D eigenvalue weighted by Gasteiger charge is -2.36. The number of carbonyl (C=O) groups is 1. The summed E-state index contributed by atoms with van der Waals surface area (Å²) >= 11 is 0. The van der Waals surface area contributed by atoms with Crippen molar-refractivity contribution in [3.63, 3.8) is 0 Å². The van der Waals surface area contributed by atoms with E-state index in [1.807, 2.05) is 7.05 Å². The van der Waals surface area contributed by atoms with Gasteiger partial charge in [0.05, 0.1) is 6.54 Å². The summed E-state index contributed by atoms with van der Waals surface area (Å²) in [6.45, 7) is 12.8. The number of rotatable bonds is 9. The van der Waals surface area contributed by atoms with Crippen molar-refractivity contribution in [3.8, 4) is 0 Å². The molecule has 1 heterocycles. The Balaban J connectivity index is 1.65. The smallest absolute Gasteiger partial charge is 0.234 e. The summed E-state index contributed by atoms with van der Waals surface area (Å²) in [5.41, 5.74) is 0. The van der Waals surface area contributed by atoms with E-state index < -0.39 is 0 Å². The van der Waals surface area contributed by atoms with Gasteiger partial charge in [-0.2, -0.15) is 0 Å². The molecule has 0 bridgehead atoms. The van der Waals surface area contributed by atoms with Crippen LogP contribution in [0.4, 0.5) is 0 Å². The van der Waals surface area contributed by atoms with Crippen LogP contribution >= 0.6 is 0 Å². The number of amides is 1. The van der Waals surface area contributed by atoms with Crippen LogP contribution in [0.2, 0.25) is 0 Å². The molecule has 1 amide bonds. The normalized spacial score (nSPS) is 19.4. The molecule has 0 spiro atoms. The molecule has 0 atom stereocenters. The first kappa shape index (κ1) is 20.0. The maximum atomic E-state index is 11.9. The highest BCUT2D eigenvalue weighted by Gasteiger charge is 2.25. The summed E-state index contributed by atoms with van der Waals surface area (Å²) in [4.78, 5) is 23.3. The lowest BCUT2D eigenvalue weighted by molar-refractivity contribution is -0.122. The molecule has 0 unspecified atom stereocenters. The third kappa shape index (κ3) is 7.20.